The molecule has 0 aliphatic heterocycles. The molecule has 1 aliphatic rings. The van der Waals surface area contributed by atoms with Crippen LogP contribution < -0.4 is 0 Å². The van der Waals surface area contributed by atoms with Gasteiger partial charge in [0.1, 0.15) is 5.01 Å². The molecule has 132 valence electrons. The van der Waals surface area contributed by atoms with Crippen LogP contribution in [0.25, 0.3) is 43.0 Å². The van der Waals surface area contributed by atoms with Crippen LogP contribution in [0.5, 0.6) is 0 Å². The summed E-state index contributed by atoms with van der Waals surface area (Å²) in [6.45, 7) is 0. The molecule has 0 amide bonds. The van der Waals surface area contributed by atoms with Crippen molar-refractivity contribution in [2.75, 3.05) is 0 Å². The highest BCUT2D eigenvalue weighted by atomic mass is 32.1. The highest BCUT2D eigenvalue weighted by molar-refractivity contribution is 7.21. The number of nitrogens with zero attached hydrogens (tertiary/aromatic N) is 1. The lowest BCUT2D eigenvalue weighted by molar-refractivity contribution is 1.26. The van der Waals surface area contributed by atoms with Crippen LogP contribution in [0.1, 0.15) is 11.1 Å². The van der Waals surface area contributed by atoms with E-state index in [-0.39, 0.29) is 0 Å². The zero-order chi connectivity index (χ0) is 18.5. The van der Waals surface area contributed by atoms with E-state index in [0.717, 1.165) is 16.9 Å². The Balaban J connectivity index is 1.44. The van der Waals surface area contributed by atoms with Crippen molar-refractivity contribution in [3.05, 3.63) is 102 Å². The second-order valence-electron chi connectivity index (χ2n) is 7.24. The maximum atomic E-state index is 4.79. The number of hydrogen-bond donors (Lipinski definition) is 0. The Morgan fingerprint density at radius 3 is 2.21 bits per heavy atom. The molecule has 0 bridgehead atoms. The number of para-hydroxylation sites is 1. The minimum absolute atomic E-state index is 1.03. The molecular weight excluding hydrogens is 358 g/mol. The Labute approximate surface area is 168 Å². The Kier molecular flexibility index (Phi) is 3.47. The zero-order valence-electron chi connectivity index (χ0n) is 15.2. The molecule has 1 aliphatic carbocycles. The lowest BCUT2D eigenvalue weighted by Crippen LogP contribution is -1.86. The first kappa shape index (κ1) is 15.8. The minimum atomic E-state index is 1.03. The van der Waals surface area contributed by atoms with Crippen molar-refractivity contribution in [3.63, 3.8) is 0 Å². The SMILES string of the molecule is c1ccc2c(c1)Cc1cccc(-c3ccc(-c4nc5ccccc5s4)cc3)c1-2. The molecule has 0 spiro atoms. The predicted molar refractivity (Wildman–Crippen MR) is 119 cm³/mol. The van der Waals surface area contributed by atoms with E-state index in [1.165, 1.54) is 43.6 Å². The molecular formula is C26H17NS. The van der Waals surface area contributed by atoms with Gasteiger partial charge in [0.25, 0.3) is 0 Å². The summed E-state index contributed by atoms with van der Waals surface area (Å²) in [7, 11) is 0. The van der Waals surface area contributed by atoms with Gasteiger partial charge in [0, 0.05) is 5.56 Å². The van der Waals surface area contributed by atoms with Gasteiger partial charge in [-0.1, -0.05) is 78.9 Å². The minimum Gasteiger partial charge on any atom is -0.236 e. The first-order valence-corrected chi connectivity index (χ1v) is 10.3. The fourth-order valence-corrected chi connectivity index (χ4v) is 5.19. The van der Waals surface area contributed by atoms with Crippen molar-refractivity contribution in [3.8, 4) is 32.8 Å². The van der Waals surface area contributed by atoms with Crippen LogP contribution in [-0.2, 0) is 6.42 Å². The van der Waals surface area contributed by atoms with E-state index in [2.05, 4.69) is 84.9 Å². The normalized spacial score (nSPS) is 12.1. The molecule has 1 nitrogen and oxygen atoms in total. The van der Waals surface area contributed by atoms with Crippen molar-refractivity contribution in [1.82, 2.24) is 4.98 Å². The molecule has 4 aromatic carbocycles. The van der Waals surface area contributed by atoms with Gasteiger partial charge < -0.3 is 0 Å². The van der Waals surface area contributed by atoms with E-state index >= 15 is 0 Å². The van der Waals surface area contributed by atoms with Crippen molar-refractivity contribution in [1.29, 1.82) is 0 Å². The summed E-state index contributed by atoms with van der Waals surface area (Å²) in [4.78, 5) is 4.79. The lowest BCUT2D eigenvalue weighted by atomic mass is 9.94. The predicted octanol–water partition coefficient (Wildman–Crippen LogP) is 7.20. The molecule has 0 atom stereocenters. The van der Waals surface area contributed by atoms with E-state index in [9.17, 15) is 0 Å². The monoisotopic (exact) mass is 375 g/mol. The Hall–Kier alpha value is -3.23. The molecule has 0 N–H and O–H groups in total. The topological polar surface area (TPSA) is 12.9 Å². The van der Waals surface area contributed by atoms with Gasteiger partial charge in [0.05, 0.1) is 10.2 Å². The first-order chi connectivity index (χ1) is 13.9. The van der Waals surface area contributed by atoms with Crippen molar-refractivity contribution >= 4 is 21.6 Å². The summed E-state index contributed by atoms with van der Waals surface area (Å²) in [6, 6.07) is 32.7. The largest absolute Gasteiger partial charge is 0.236 e. The maximum Gasteiger partial charge on any atom is 0.124 e. The highest BCUT2D eigenvalue weighted by Gasteiger charge is 2.21. The van der Waals surface area contributed by atoms with E-state index in [1.807, 2.05) is 6.07 Å². The van der Waals surface area contributed by atoms with Crippen LogP contribution in [0.4, 0.5) is 0 Å². The second kappa shape index (κ2) is 6.15. The molecule has 6 rings (SSSR count). The van der Waals surface area contributed by atoms with Crippen LogP contribution in [0.3, 0.4) is 0 Å². The van der Waals surface area contributed by atoms with Crippen molar-refractivity contribution in [2.45, 2.75) is 6.42 Å². The smallest absolute Gasteiger partial charge is 0.124 e. The van der Waals surface area contributed by atoms with E-state index in [4.69, 9.17) is 4.98 Å². The Bertz CT molecular complexity index is 1300. The van der Waals surface area contributed by atoms with Gasteiger partial charge in [-0.15, -0.1) is 11.3 Å². The summed E-state index contributed by atoms with van der Waals surface area (Å²) in [5.74, 6) is 0. The van der Waals surface area contributed by atoms with Gasteiger partial charge in [0.15, 0.2) is 0 Å². The third-order valence-corrected chi connectivity index (χ3v) is 6.64. The molecule has 0 saturated carbocycles. The molecule has 2 heteroatoms. The van der Waals surface area contributed by atoms with Crippen LogP contribution in [0.15, 0.2) is 91.0 Å². The van der Waals surface area contributed by atoms with Gasteiger partial charge in [-0.3, -0.25) is 0 Å². The van der Waals surface area contributed by atoms with Crippen LogP contribution >= 0.6 is 11.3 Å². The fourth-order valence-electron chi connectivity index (χ4n) is 4.22. The number of hydrogen-bond acceptors (Lipinski definition) is 2. The number of benzene rings is 4. The summed E-state index contributed by atoms with van der Waals surface area (Å²) in [5, 5.41) is 1.08. The molecule has 0 fully saturated rings. The number of rotatable bonds is 2. The number of aromatic nitrogens is 1. The Morgan fingerprint density at radius 2 is 1.32 bits per heavy atom. The molecule has 28 heavy (non-hydrogen) atoms. The zero-order valence-corrected chi connectivity index (χ0v) is 16.0. The highest BCUT2D eigenvalue weighted by Crippen LogP contribution is 2.43. The van der Waals surface area contributed by atoms with Crippen LogP contribution in [-0.4, -0.2) is 4.98 Å². The molecule has 0 saturated heterocycles. The molecule has 1 aromatic heterocycles. The second-order valence-corrected chi connectivity index (χ2v) is 8.27. The van der Waals surface area contributed by atoms with Gasteiger partial charge >= 0.3 is 0 Å². The summed E-state index contributed by atoms with van der Waals surface area (Å²) in [5.41, 5.74) is 10.5. The first-order valence-electron chi connectivity index (χ1n) is 9.53. The van der Waals surface area contributed by atoms with Crippen LogP contribution in [0, 0.1) is 0 Å². The summed E-state index contributed by atoms with van der Waals surface area (Å²) in [6.07, 6.45) is 1.03. The number of thiazole rings is 1. The van der Waals surface area contributed by atoms with E-state index < -0.39 is 0 Å². The average molecular weight is 375 g/mol. The van der Waals surface area contributed by atoms with Crippen molar-refractivity contribution in [2.24, 2.45) is 0 Å². The van der Waals surface area contributed by atoms with E-state index in [0.29, 0.717) is 0 Å². The molecule has 0 unspecified atom stereocenters. The standard InChI is InChI=1S/C26H17NS/c1-2-8-22-19(6-1)16-20-7-5-9-21(25(20)22)17-12-14-18(15-13-17)26-27-23-10-3-4-11-24(23)28-26/h1-15H,16H2. The molecule has 1 heterocycles. The van der Waals surface area contributed by atoms with Crippen molar-refractivity contribution < 1.29 is 0 Å². The fraction of sp³-hybridized carbons (Fsp3) is 0.0385. The summed E-state index contributed by atoms with van der Waals surface area (Å²) >= 11 is 1.75. The maximum absolute atomic E-state index is 4.79. The number of fused-ring (bicyclic) bond motifs is 4. The molecule has 5 aromatic rings. The Morgan fingerprint density at radius 1 is 0.607 bits per heavy atom. The third kappa shape index (κ3) is 2.42. The van der Waals surface area contributed by atoms with Crippen LogP contribution in [0.2, 0.25) is 0 Å². The van der Waals surface area contributed by atoms with Gasteiger partial charge in [-0.2, -0.15) is 0 Å². The van der Waals surface area contributed by atoms with Gasteiger partial charge in [-0.05, 0) is 51.9 Å². The lowest BCUT2D eigenvalue weighted by Gasteiger charge is -2.10. The van der Waals surface area contributed by atoms with Gasteiger partial charge in [0.2, 0.25) is 0 Å². The third-order valence-electron chi connectivity index (χ3n) is 5.56. The van der Waals surface area contributed by atoms with E-state index in [1.54, 1.807) is 11.3 Å². The molecule has 0 radical (unpaired) electrons. The van der Waals surface area contributed by atoms with Gasteiger partial charge in [-0.25, -0.2) is 4.98 Å². The average Bonchev–Trinajstić information content (AvgIpc) is 3.35. The summed E-state index contributed by atoms with van der Waals surface area (Å²) < 4.78 is 1.24. The quantitative estimate of drug-likeness (QED) is 0.312.